The molecule has 1 heterocycles. The molecule has 116 valence electrons. The number of carbonyl (C=O) groups excluding carboxylic acids is 2. The van der Waals surface area contributed by atoms with Gasteiger partial charge in [-0.25, -0.2) is 0 Å². The standard InChI is InChI=1S/C15H28N2O3/c1-7-15(8-2)14(19)16-12(10(3)4)13(18)17(15)9-11(5)20-6/h10-12H,7-9H2,1-6H3,(H,16,19). The highest BCUT2D eigenvalue weighted by Crippen LogP contribution is 2.30. The lowest BCUT2D eigenvalue weighted by Crippen LogP contribution is -2.72. The molecule has 20 heavy (non-hydrogen) atoms. The average molecular weight is 284 g/mol. The molecule has 2 unspecified atom stereocenters. The molecule has 1 aliphatic heterocycles. The van der Waals surface area contributed by atoms with Crippen LogP contribution in [0.25, 0.3) is 0 Å². The molecule has 0 saturated carbocycles. The molecule has 5 heteroatoms. The summed E-state index contributed by atoms with van der Waals surface area (Å²) in [6, 6.07) is -0.433. The molecule has 1 fully saturated rings. The van der Waals surface area contributed by atoms with Crippen molar-refractivity contribution in [3.05, 3.63) is 0 Å². The van der Waals surface area contributed by atoms with E-state index in [1.807, 2.05) is 34.6 Å². The van der Waals surface area contributed by atoms with Crippen molar-refractivity contribution in [1.82, 2.24) is 10.2 Å². The second-order valence-electron chi connectivity index (χ2n) is 5.93. The van der Waals surface area contributed by atoms with Gasteiger partial charge in [0.25, 0.3) is 0 Å². The van der Waals surface area contributed by atoms with E-state index in [1.165, 1.54) is 0 Å². The van der Waals surface area contributed by atoms with Crippen LogP contribution in [0.2, 0.25) is 0 Å². The minimum Gasteiger partial charge on any atom is -0.380 e. The first kappa shape index (κ1) is 17.0. The summed E-state index contributed by atoms with van der Waals surface area (Å²) >= 11 is 0. The third-order valence-corrected chi connectivity index (χ3v) is 4.44. The zero-order valence-corrected chi connectivity index (χ0v) is 13.5. The van der Waals surface area contributed by atoms with Crippen molar-refractivity contribution >= 4 is 11.8 Å². The predicted octanol–water partition coefficient (Wildman–Crippen LogP) is 1.56. The zero-order valence-electron chi connectivity index (χ0n) is 13.5. The summed E-state index contributed by atoms with van der Waals surface area (Å²) in [6.45, 7) is 10.2. The smallest absolute Gasteiger partial charge is 0.246 e. The number of carbonyl (C=O) groups is 2. The maximum atomic E-state index is 12.8. The first-order valence-corrected chi connectivity index (χ1v) is 7.49. The van der Waals surface area contributed by atoms with Gasteiger partial charge in [0.15, 0.2) is 0 Å². The van der Waals surface area contributed by atoms with Gasteiger partial charge in [0.05, 0.1) is 6.10 Å². The molecule has 0 radical (unpaired) electrons. The second-order valence-corrected chi connectivity index (χ2v) is 5.93. The molecule has 0 aromatic carbocycles. The van der Waals surface area contributed by atoms with E-state index in [1.54, 1.807) is 12.0 Å². The topological polar surface area (TPSA) is 58.6 Å². The van der Waals surface area contributed by atoms with E-state index < -0.39 is 11.6 Å². The summed E-state index contributed by atoms with van der Waals surface area (Å²) < 4.78 is 5.29. The molecular weight excluding hydrogens is 256 g/mol. The molecule has 2 atom stereocenters. The van der Waals surface area contributed by atoms with Gasteiger partial charge in [-0.15, -0.1) is 0 Å². The van der Waals surface area contributed by atoms with E-state index in [0.717, 1.165) is 0 Å². The lowest BCUT2D eigenvalue weighted by Gasteiger charge is -2.49. The van der Waals surface area contributed by atoms with Crippen molar-refractivity contribution in [3.63, 3.8) is 0 Å². The van der Waals surface area contributed by atoms with Crippen LogP contribution in [0.15, 0.2) is 0 Å². The quantitative estimate of drug-likeness (QED) is 0.805. The number of rotatable bonds is 6. The number of nitrogens with one attached hydrogen (secondary N) is 1. The SMILES string of the molecule is CCC1(CC)C(=O)NC(C(C)C)C(=O)N1CC(C)OC. The molecule has 0 spiro atoms. The first-order chi connectivity index (χ1) is 9.33. The van der Waals surface area contributed by atoms with Crippen LogP contribution in [-0.2, 0) is 14.3 Å². The van der Waals surface area contributed by atoms with E-state index in [4.69, 9.17) is 4.74 Å². The molecule has 1 N–H and O–H groups in total. The van der Waals surface area contributed by atoms with Gasteiger partial charge in [0, 0.05) is 13.7 Å². The Morgan fingerprint density at radius 2 is 1.80 bits per heavy atom. The number of amides is 2. The van der Waals surface area contributed by atoms with Crippen LogP contribution in [0.3, 0.4) is 0 Å². The van der Waals surface area contributed by atoms with Crippen molar-refractivity contribution in [2.75, 3.05) is 13.7 Å². The highest BCUT2D eigenvalue weighted by Gasteiger charge is 2.51. The normalized spacial score (nSPS) is 23.9. The molecule has 1 saturated heterocycles. The molecule has 0 bridgehead atoms. The molecule has 1 aliphatic rings. The Morgan fingerprint density at radius 1 is 1.25 bits per heavy atom. The van der Waals surface area contributed by atoms with Crippen LogP contribution < -0.4 is 5.32 Å². The van der Waals surface area contributed by atoms with Crippen molar-refractivity contribution in [3.8, 4) is 0 Å². The minimum atomic E-state index is -0.741. The Labute approximate surface area is 122 Å². The highest BCUT2D eigenvalue weighted by molar-refractivity contribution is 6.00. The summed E-state index contributed by atoms with van der Waals surface area (Å²) in [5, 5.41) is 2.91. The Kier molecular flexibility index (Phi) is 5.57. The van der Waals surface area contributed by atoms with Gasteiger partial charge in [0.1, 0.15) is 11.6 Å². The maximum absolute atomic E-state index is 12.8. The third-order valence-electron chi connectivity index (χ3n) is 4.44. The Morgan fingerprint density at radius 3 is 2.20 bits per heavy atom. The number of methoxy groups -OCH3 is 1. The summed E-state index contributed by atoms with van der Waals surface area (Å²) in [7, 11) is 1.62. The van der Waals surface area contributed by atoms with Crippen LogP contribution in [0.1, 0.15) is 47.5 Å². The first-order valence-electron chi connectivity index (χ1n) is 7.49. The summed E-state index contributed by atoms with van der Waals surface area (Å²) in [5.74, 6) is 0.0508. The van der Waals surface area contributed by atoms with E-state index in [9.17, 15) is 9.59 Å². The fourth-order valence-electron chi connectivity index (χ4n) is 2.84. The summed E-state index contributed by atoms with van der Waals surface area (Å²) in [6.07, 6.45) is 1.14. The van der Waals surface area contributed by atoms with Crippen molar-refractivity contribution in [2.45, 2.75) is 65.1 Å². The zero-order chi connectivity index (χ0) is 15.5. The Bertz CT molecular complexity index is 364. The van der Waals surface area contributed by atoms with Crippen LogP contribution in [0, 0.1) is 5.92 Å². The molecule has 2 amide bonds. The lowest BCUT2D eigenvalue weighted by atomic mass is 9.84. The monoisotopic (exact) mass is 284 g/mol. The van der Waals surface area contributed by atoms with E-state index in [0.29, 0.717) is 19.4 Å². The van der Waals surface area contributed by atoms with Gasteiger partial charge in [-0.2, -0.15) is 0 Å². The Balaban J connectivity index is 3.16. The number of hydrogen-bond acceptors (Lipinski definition) is 3. The lowest BCUT2D eigenvalue weighted by molar-refractivity contribution is -0.161. The van der Waals surface area contributed by atoms with Crippen LogP contribution in [-0.4, -0.2) is 48.1 Å². The maximum Gasteiger partial charge on any atom is 0.246 e. The molecule has 5 nitrogen and oxygen atoms in total. The molecule has 0 aliphatic carbocycles. The molecule has 1 rings (SSSR count). The van der Waals surface area contributed by atoms with Gasteiger partial charge in [0.2, 0.25) is 11.8 Å². The summed E-state index contributed by atoms with van der Waals surface area (Å²) in [4.78, 5) is 27.1. The Hall–Kier alpha value is -1.10. The summed E-state index contributed by atoms with van der Waals surface area (Å²) in [5.41, 5.74) is -0.741. The van der Waals surface area contributed by atoms with Crippen molar-refractivity contribution in [1.29, 1.82) is 0 Å². The van der Waals surface area contributed by atoms with Crippen molar-refractivity contribution < 1.29 is 14.3 Å². The fourth-order valence-corrected chi connectivity index (χ4v) is 2.84. The predicted molar refractivity (Wildman–Crippen MR) is 78.3 cm³/mol. The van der Waals surface area contributed by atoms with E-state index >= 15 is 0 Å². The molecular formula is C15H28N2O3. The number of piperazine rings is 1. The van der Waals surface area contributed by atoms with Crippen LogP contribution in [0.4, 0.5) is 0 Å². The van der Waals surface area contributed by atoms with Gasteiger partial charge in [-0.1, -0.05) is 27.7 Å². The largest absolute Gasteiger partial charge is 0.380 e. The van der Waals surface area contributed by atoms with Crippen LogP contribution in [0.5, 0.6) is 0 Å². The minimum absolute atomic E-state index is 0.00667. The number of nitrogens with zero attached hydrogens (tertiary/aromatic N) is 1. The fraction of sp³-hybridized carbons (Fsp3) is 0.867. The highest BCUT2D eigenvalue weighted by atomic mass is 16.5. The third kappa shape index (κ3) is 2.82. The molecule has 0 aromatic heterocycles. The van der Waals surface area contributed by atoms with Gasteiger partial charge in [-0.3, -0.25) is 9.59 Å². The average Bonchev–Trinajstić information content (AvgIpc) is 2.42. The van der Waals surface area contributed by atoms with E-state index in [2.05, 4.69) is 5.32 Å². The molecule has 0 aromatic rings. The number of hydrogen-bond donors (Lipinski definition) is 1. The number of ether oxygens (including phenoxy) is 1. The van der Waals surface area contributed by atoms with Crippen LogP contribution >= 0.6 is 0 Å². The van der Waals surface area contributed by atoms with Gasteiger partial charge in [-0.05, 0) is 25.7 Å². The van der Waals surface area contributed by atoms with E-state index in [-0.39, 0.29) is 23.8 Å². The van der Waals surface area contributed by atoms with Gasteiger partial charge >= 0.3 is 0 Å². The van der Waals surface area contributed by atoms with Crippen molar-refractivity contribution in [2.24, 2.45) is 5.92 Å². The second kappa shape index (κ2) is 6.57. The van der Waals surface area contributed by atoms with Gasteiger partial charge < -0.3 is 15.0 Å².